The van der Waals surface area contributed by atoms with Crippen molar-refractivity contribution in [2.75, 3.05) is 0 Å². The molecule has 4 heteroatoms. The van der Waals surface area contributed by atoms with Crippen LogP contribution in [0.2, 0.25) is 0 Å². The van der Waals surface area contributed by atoms with E-state index in [9.17, 15) is 0 Å². The molecule has 0 aromatic carbocycles. The Morgan fingerprint density at radius 3 is 3.09 bits per heavy atom. The molecule has 1 aromatic rings. The average Bonchev–Trinajstić information content (AvgIpc) is 2.32. The SMILES string of the molecule is CCc1nn(C)cc1/C=N/O. The lowest BCUT2D eigenvalue weighted by atomic mass is 10.2. The summed E-state index contributed by atoms with van der Waals surface area (Å²) in [5.74, 6) is 0. The second-order valence-electron chi connectivity index (χ2n) is 2.30. The van der Waals surface area contributed by atoms with Gasteiger partial charge in [-0.15, -0.1) is 0 Å². The van der Waals surface area contributed by atoms with Crippen molar-refractivity contribution in [2.24, 2.45) is 12.2 Å². The van der Waals surface area contributed by atoms with Gasteiger partial charge in [0.05, 0.1) is 11.9 Å². The van der Waals surface area contributed by atoms with Crippen molar-refractivity contribution >= 4 is 6.21 Å². The minimum atomic E-state index is 0.849. The van der Waals surface area contributed by atoms with Gasteiger partial charge in [0.25, 0.3) is 0 Å². The van der Waals surface area contributed by atoms with E-state index < -0.39 is 0 Å². The summed E-state index contributed by atoms with van der Waals surface area (Å²) in [4.78, 5) is 0. The maximum absolute atomic E-state index is 8.28. The molecule has 0 aliphatic carbocycles. The number of hydrogen-bond acceptors (Lipinski definition) is 3. The van der Waals surface area contributed by atoms with Gasteiger partial charge in [0.15, 0.2) is 0 Å². The van der Waals surface area contributed by atoms with E-state index in [1.54, 1.807) is 4.68 Å². The Morgan fingerprint density at radius 1 is 1.82 bits per heavy atom. The fourth-order valence-electron chi connectivity index (χ4n) is 0.998. The van der Waals surface area contributed by atoms with Crippen LogP contribution >= 0.6 is 0 Å². The number of rotatable bonds is 2. The summed E-state index contributed by atoms with van der Waals surface area (Å²) in [7, 11) is 1.84. The first-order valence-electron chi connectivity index (χ1n) is 3.48. The Labute approximate surface area is 65.1 Å². The molecule has 1 N–H and O–H groups in total. The van der Waals surface area contributed by atoms with E-state index in [0.29, 0.717) is 0 Å². The topological polar surface area (TPSA) is 50.4 Å². The molecule has 11 heavy (non-hydrogen) atoms. The molecule has 4 nitrogen and oxygen atoms in total. The molecule has 0 unspecified atom stereocenters. The molecule has 0 aliphatic heterocycles. The largest absolute Gasteiger partial charge is 0.411 e. The normalized spacial score (nSPS) is 11.1. The van der Waals surface area contributed by atoms with Gasteiger partial charge in [-0.05, 0) is 6.42 Å². The molecule has 0 saturated carbocycles. The molecule has 0 radical (unpaired) electrons. The first-order chi connectivity index (χ1) is 5.27. The number of oxime groups is 1. The second kappa shape index (κ2) is 3.18. The third-order valence-electron chi connectivity index (χ3n) is 1.47. The summed E-state index contributed by atoms with van der Waals surface area (Å²) in [5, 5.41) is 15.4. The molecular formula is C7H11N3O. The number of aryl methyl sites for hydroxylation is 2. The fraction of sp³-hybridized carbons (Fsp3) is 0.429. The van der Waals surface area contributed by atoms with Crippen LogP contribution in [0, 0.1) is 0 Å². The van der Waals surface area contributed by atoms with E-state index in [2.05, 4.69) is 10.3 Å². The van der Waals surface area contributed by atoms with Crippen LogP contribution in [0.5, 0.6) is 0 Å². The lowest BCUT2D eigenvalue weighted by Gasteiger charge is -1.87. The van der Waals surface area contributed by atoms with Gasteiger partial charge < -0.3 is 5.21 Å². The van der Waals surface area contributed by atoms with Crippen molar-refractivity contribution in [3.63, 3.8) is 0 Å². The summed E-state index contributed by atoms with van der Waals surface area (Å²) in [6.45, 7) is 2.01. The number of nitrogens with zero attached hydrogens (tertiary/aromatic N) is 3. The van der Waals surface area contributed by atoms with Gasteiger partial charge in [-0.3, -0.25) is 4.68 Å². The van der Waals surface area contributed by atoms with Crippen LogP contribution in [-0.4, -0.2) is 21.2 Å². The minimum Gasteiger partial charge on any atom is -0.411 e. The lowest BCUT2D eigenvalue weighted by molar-refractivity contribution is 0.322. The maximum atomic E-state index is 8.28. The van der Waals surface area contributed by atoms with E-state index in [0.717, 1.165) is 17.7 Å². The molecule has 60 valence electrons. The van der Waals surface area contributed by atoms with Gasteiger partial charge >= 0.3 is 0 Å². The highest BCUT2D eigenvalue weighted by Crippen LogP contribution is 2.03. The third-order valence-corrected chi connectivity index (χ3v) is 1.47. The van der Waals surface area contributed by atoms with E-state index in [4.69, 9.17) is 5.21 Å². The maximum Gasteiger partial charge on any atom is 0.0768 e. The highest BCUT2D eigenvalue weighted by molar-refractivity contribution is 5.80. The zero-order valence-electron chi connectivity index (χ0n) is 6.65. The molecule has 1 aromatic heterocycles. The Kier molecular flexibility index (Phi) is 2.25. The monoisotopic (exact) mass is 153 g/mol. The van der Waals surface area contributed by atoms with E-state index >= 15 is 0 Å². The molecule has 0 fully saturated rings. The summed E-state index contributed by atoms with van der Waals surface area (Å²) in [5.41, 5.74) is 1.82. The van der Waals surface area contributed by atoms with Crippen molar-refractivity contribution in [2.45, 2.75) is 13.3 Å². The van der Waals surface area contributed by atoms with Gasteiger partial charge in [0.1, 0.15) is 0 Å². The van der Waals surface area contributed by atoms with Gasteiger partial charge in [-0.25, -0.2) is 0 Å². The average molecular weight is 153 g/mol. The van der Waals surface area contributed by atoms with Crippen molar-refractivity contribution in [3.05, 3.63) is 17.5 Å². The minimum absolute atomic E-state index is 0.849. The highest BCUT2D eigenvalue weighted by atomic mass is 16.4. The van der Waals surface area contributed by atoms with Crippen molar-refractivity contribution in [1.82, 2.24) is 9.78 Å². The first-order valence-corrected chi connectivity index (χ1v) is 3.48. The highest BCUT2D eigenvalue weighted by Gasteiger charge is 2.01. The van der Waals surface area contributed by atoms with Crippen LogP contribution in [0.3, 0.4) is 0 Å². The zero-order valence-corrected chi connectivity index (χ0v) is 6.65. The van der Waals surface area contributed by atoms with Crippen LogP contribution < -0.4 is 0 Å². The predicted molar refractivity (Wildman–Crippen MR) is 42.0 cm³/mol. The van der Waals surface area contributed by atoms with Crippen molar-refractivity contribution in [1.29, 1.82) is 0 Å². The lowest BCUT2D eigenvalue weighted by Crippen LogP contribution is -1.89. The molecular weight excluding hydrogens is 142 g/mol. The predicted octanol–water partition coefficient (Wildman–Crippen LogP) is 0.791. The Bertz CT molecular complexity index is 265. The van der Waals surface area contributed by atoms with Crippen molar-refractivity contribution < 1.29 is 5.21 Å². The molecule has 0 spiro atoms. The molecule has 0 aliphatic rings. The fourth-order valence-corrected chi connectivity index (χ4v) is 0.998. The van der Waals surface area contributed by atoms with Crippen LogP contribution in [0.25, 0.3) is 0 Å². The molecule has 1 rings (SSSR count). The number of aromatic nitrogens is 2. The molecule has 0 atom stereocenters. The Balaban J connectivity index is 3.01. The third kappa shape index (κ3) is 1.58. The summed E-state index contributed by atoms with van der Waals surface area (Å²) < 4.78 is 1.70. The molecule has 0 amide bonds. The number of hydrogen-bond donors (Lipinski definition) is 1. The van der Waals surface area contributed by atoms with Crippen LogP contribution in [-0.2, 0) is 13.5 Å². The van der Waals surface area contributed by atoms with Gasteiger partial charge in [0, 0.05) is 18.8 Å². The van der Waals surface area contributed by atoms with Crippen LogP contribution in [0.1, 0.15) is 18.2 Å². The van der Waals surface area contributed by atoms with Gasteiger partial charge in [-0.2, -0.15) is 5.10 Å². The summed E-state index contributed by atoms with van der Waals surface area (Å²) in [6.07, 6.45) is 4.06. The van der Waals surface area contributed by atoms with Crippen LogP contribution in [0.15, 0.2) is 11.4 Å². The zero-order chi connectivity index (χ0) is 8.27. The quantitative estimate of drug-likeness (QED) is 0.388. The molecule has 0 bridgehead atoms. The molecule has 1 heterocycles. The van der Waals surface area contributed by atoms with E-state index in [1.165, 1.54) is 6.21 Å². The Hall–Kier alpha value is -1.32. The van der Waals surface area contributed by atoms with E-state index in [1.807, 2.05) is 20.2 Å². The smallest absolute Gasteiger partial charge is 0.0768 e. The second-order valence-corrected chi connectivity index (χ2v) is 2.30. The summed E-state index contributed by atoms with van der Waals surface area (Å²) >= 11 is 0. The van der Waals surface area contributed by atoms with Crippen molar-refractivity contribution in [3.8, 4) is 0 Å². The van der Waals surface area contributed by atoms with Crippen LogP contribution in [0.4, 0.5) is 0 Å². The van der Waals surface area contributed by atoms with Gasteiger partial charge in [-0.1, -0.05) is 12.1 Å². The first kappa shape index (κ1) is 7.78. The van der Waals surface area contributed by atoms with Gasteiger partial charge in [0.2, 0.25) is 0 Å². The molecule has 0 saturated heterocycles. The van der Waals surface area contributed by atoms with E-state index in [-0.39, 0.29) is 0 Å². The Morgan fingerprint density at radius 2 is 2.55 bits per heavy atom. The summed E-state index contributed by atoms with van der Waals surface area (Å²) in [6, 6.07) is 0. The standard InChI is InChI=1S/C7H11N3O/c1-3-7-6(4-8-11)5-10(2)9-7/h4-5,11H,3H2,1-2H3/b8-4+.